The summed E-state index contributed by atoms with van der Waals surface area (Å²) >= 11 is 0. The molecule has 0 spiro atoms. The molecule has 3 aromatic heterocycles. The van der Waals surface area contributed by atoms with Crippen LogP contribution in [-0.4, -0.2) is 24.1 Å². The number of nitrogens with zero attached hydrogens (tertiary/aromatic N) is 4. The molecule has 0 atom stereocenters. The first-order valence-electron chi connectivity index (χ1n) is 6.22. The molecule has 0 aliphatic rings. The zero-order valence-corrected chi connectivity index (χ0v) is 10.3. The molecule has 3 rings (SSSR count). The molecule has 0 saturated carbocycles. The van der Waals surface area contributed by atoms with Crippen LogP contribution in [0, 0.1) is 0 Å². The minimum absolute atomic E-state index is 0.0956. The van der Waals surface area contributed by atoms with E-state index in [1.165, 1.54) is 23.6 Å². The first-order valence-corrected chi connectivity index (χ1v) is 6.22. The van der Waals surface area contributed by atoms with Crippen molar-refractivity contribution in [2.75, 3.05) is 0 Å². The molecule has 0 radical (unpaired) electrons. The molecule has 94 valence electrons. The zero-order chi connectivity index (χ0) is 12.5. The molecule has 0 aliphatic heterocycles. The van der Waals surface area contributed by atoms with Crippen molar-refractivity contribution in [3.8, 4) is 0 Å². The van der Waals surface area contributed by atoms with E-state index >= 15 is 0 Å². The molecule has 6 nitrogen and oxygen atoms in total. The van der Waals surface area contributed by atoms with E-state index < -0.39 is 0 Å². The molecule has 0 aliphatic carbocycles. The maximum Gasteiger partial charge on any atom is 0.284 e. The molecule has 0 aromatic carbocycles. The van der Waals surface area contributed by atoms with Crippen molar-refractivity contribution in [2.24, 2.45) is 0 Å². The Kier molecular flexibility index (Phi) is 2.62. The molecule has 18 heavy (non-hydrogen) atoms. The fourth-order valence-electron chi connectivity index (χ4n) is 2.28. The first-order chi connectivity index (χ1) is 8.83. The highest BCUT2D eigenvalue weighted by Crippen LogP contribution is 2.13. The molecule has 3 aromatic rings. The summed E-state index contributed by atoms with van der Waals surface area (Å²) in [6, 6.07) is 1.91. The quantitative estimate of drug-likeness (QED) is 0.709. The van der Waals surface area contributed by atoms with Crippen molar-refractivity contribution in [3.63, 3.8) is 0 Å². The van der Waals surface area contributed by atoms with E-state index in [-0.39, 0.29) is 5.56 Å². The van der Waals surface area contributed by atoms with Gasteiger partial charge in [-0.05, 0) is 12.5 Å². The topological polar surface area (TPSA) is 68.0 Å². The van der Waals surface area contributed by atoms with Crippen LogP contribution in [0.15, 0.2) is 23.4 Å². The Morgan fingerprint density at radius 1 is 1.39 bits per heavy atom. The summed E-state index contributed by atoms with van der Waals surface area (Å²) in [4.78, 5) is 15.1. The average molecular weight is 245 g/mol. The van der Waals surface area contributed by atoms with E-state index in [0.29, 0.717) is 11.3 Å². The molecule has 6 heteroatoms. The average Bonchev–Trinajstić information content (AvgIpc) is 3.02. The Morgan fingerprint density at radius 3 is 3.11 bits per heavy atom. The molecule has 0 bridgehead atoms. The van der Waals surface area contributed by atoms with Crippen LogP contribution in [0.25, 0.3) is 16.8 Å². The van der Waals surface area contributed by atoms with Crippen LogP contribution >= 0.6 is 0 Å². The number of aromatic amines is 1. The molecule has 0 amide bonds. The van der Waals surface area contributed by atoms with Crippen molar-refractivity contribution in [3.05, 3.63) is 28.9 Å². The van der Waals surface area contributed by atoms with Crippen LogP contribution in [-0.2, 0) is 6.54 Å². The summed E-state index contributed by atoms with van der Waals surface area (Å²) in [5.74, 6) is 0.614. The minimum atomic E-state index is -0.0956. The van der Waals surface area contributed by atoms with E-state index in [9.17, 15) is 4.79 Å². The van der Waals surface area contributed by atoms with Crippen LogP contribution in [0.4, 0.5) is 0 Å². The van der Waals surface area contributed by atoms with Crippen molar-refractivity contribution >= 4 is 16.8 Å². The second kappa shape index (κ2) is 4.29. The molecule has 1 N–H and O–H groups in total. The standard InChI is InChI=1S/C12H15N5O/c1-2-3-4-7-16-9-5-6-13-10(9)11(18)17-8-14-15-12(16)17/h5-6,8,13H,2-4,7H2,1H3. The number of hydrogen-bond donors (Lipinski definition) is 1. The van der Waals surface area contributed by atoms with E-state index in [4.69, 9.17) is 0 Å². The highest BCUT2D eigenvalue weighted by molar-refractivity contribution is 5.76. The van der Waals surface area contributed by atoms with Gasteiger partial charge in [-0.3, -0.25) is 4.79 Å². The van der Waals surface area contributed by atoms with Crippen molar-refractivity contribution < 1.29 is 0 Å². The Labute approximate surface area is 103 Å². The SMILES string of the molecule is CCCCCn1c2cc[nH]c2c(=O)n2cnnc12. The van der Waals surface area contributed by atoms with Crippen molar-refractivity contribution in [2.45, 2.75) is 32.7 Å². The lowest BCUT2D eigenvalue weighted by atomic mass is 10.2. The van der Waals surface area contributed by atoms with Crippen molar-refractivity contribution in [1.29, 1.82) is 0 Å². The third kappa shape index (κ3) is 1.53. The van der Waals surface area contributed by atoms with E-state index in [1.807, 2.05) is 6.07 Å². The number of hydrogen-bond acceptors (Lipinski definition) is 3. The van der Waals surface area contributed by atoms with E-state index in [2.05, 4.69) is 26.7 Å². The van der Waals surface area contributed by atoms with Gasteiger partial charge in [-0.25, -0.2) is 4.40 Å². The lowest BCUT2D eigenvalue weighted by Gasteiger charge is -2.09. The lowest BCUT2D eigenvalue weighted by Crippen LogP contribution is -2.18. The monoisotopic (exact) mass is 245 g/mol. The second-order valence-corrected chi connectivity index (χ2v) is 4.40. The largest absolute Gasteiger partial charge is 0.355 e. The molecule has 0 fully saturated rings. The van der Waals surface area contributed by atoms with Crippen molar-refractivity contribution in [1.82, 2.24) is 24.1 Å². The Hall–Kier alpha value is -2.11. The fraction of sp³-hybridized carbons (Fsp3) is 0.417. The normalized spacial score (nSPS) is 11.6. The smallest absolute Gasteiger partial charge is 0.284 e. The van der Waals surface area contributed by atoms with E-state index in [1.54, 1.807) is 6.20 Å². The molecule has 0 unspecified atom stereocenters. The highest BCUT2D eigenvalue weighted by atomic mass is 16.1. The third-order valence-corrected chi connectivity index (χ3v) is 3.20. The Bertz CT molecular complexity index is 681. The number of H-pyrrole nitrogens is 1. The predicted molar refractivity (Wildman–Crippen MR) is 68.6 cm³/mol. The number of rotatable bonds is 4. The number of fused-ring (bicyclic) bond motifs is 2. The van der Waals surface area contributed by atoms with Crippen LogP contribution in [0.1, 0.15) is 26.2 Å². The molecular weight excluding hydrogens is 230 g/mol. The lowest BCUT2D eigenvalue weighted by molar-refractivity contribution is 0.615. The van der Waals surface area contributed by atoms with Gasteiger partial charge in [0.05, 0.1) is 5.52 Å². The molecule has 0 saturated heterocycles. The summed E-state index contributed by atoms with van der Waals surface area (Å²) in [6.07, 6.45) is 6.66. The Morgan fingerprint density at radius 2 is 2.28 bits per heavy atom. The highest BCUT2D eigenvalue weighted by Gasteiger charge is 2.12. The van der Waals surface area contributed by atoms with Gasteiger partial charge < -0.3 is 9.55 Å². The Balaban J connectivity index is 2.23. The van der Waals surface area contributed by atoms with Gasteiger partial charge in [0.1, 0.15) is 11.8 Å². The van der Waals surface area contributed by atoms with Gasteiger partial charge in [0.2, 0.25) is 5.78 Å². The third-order valence-electron chi connectivity index (χ3n) is 3.20. The fourth-order valence-corrected chi connectivity index (χ4v) is 2.28. The van der Waals surface area contributed by atoms with Gasteiger partial charge in [-0.2, -0.15) is 0 Å². The summed E-state index contributed by atoms with van der Waals surface area (Å²) in [7, 11) is 0. The molecule has 3 heterocycles. The van der Waals surface area contributed by atoms with Gasteiger partial charge >= 0.3 is 0 Å². The number of nitrogens with one attached hydrogen (secondary N) is 1. The van der Waals surface area contributed by atoms with Gasteiger partial charge in [-0.1, -0.05) is 19.8 Å². The maximum absolute atomic E-state index is 12.1. The predicted octanol–water partition coefficient (Wildman–Crippen LogP) is 1.56. The number of aryl methyl sites for hydroxylation is 1. The van der Waals surface area contributed by atoms with Gasteiger partial charge in [-0.15, -0.1) is 10.2 Å². The minimum Gasteiger partial charge on any atom is -0.355 e. The first kappa shape index (κ1) is 11.0. The summed E-state index contributed by atoms with van der Waals surface area (Å²) in [5.41, 5.74) is 1.41. The summed E-state index contributed by atoms with van der Waals surface area (Å²) in [5, 5.41) is 7.88. The summed E-state index contributed by atoms with van der Waals surface area (Å²) < 4.78 is 3.54. The second-order valence-electron chi connectivity index (χ2n) is 4.40. The molecular formula is C12H15N5O. The number of aromatic nitrogens is 5. The van der Waals surface area contributed by atoms with Gasteiger partial charge in [0, 0.05) is 12.7 Å². The van der Waals surface area contributed by atoms with Crippen LogP contribution < -0.4 is 5.56 Å². The maximum atomic E-state index is 12.1. The van der Waals surface area contributed by atoms with Crippen LogP contribution in [0.5, 0.6) is 0 Å². The van der Waals surface area contributed by atoms with Crippen LogP contribution in [0.2, 0.25) is 0 Å². The number of unbranched alkanes of at least 4 members (excludes halogenated alkanes) is 2. The van der Waals surface area contributed by atoms with Gasteiger partial charge in [0.15, 0.2) is 0 Å². The van der Waals surface area contributed by atoms with E-state index in [0.717, 1.165) is 18.5 Å². The summed E-state index contributed by atoms with van der Waals surface area (Å²) in [6.45, 7) is 3.02. The zero-order valence-electron chi connectivity index (χ0n) is 10.3. The van der Waals surface area contributed by atoms with Gasteiger partial charge in [0.25, 0.3) is 5.56 Å². The van der Waals surface area contributed by atoms with Crippen LogP contribution in [0.3, 0.4) is 0 Å².